The topological polar surface area (TPSA) is 34.5 Å². The van der Waals surface area contributed by atoms with Crippen molar-refractivity contribution in [3.8, 4) is 5.75 Å². The number of fused-ring (bicyclic) bond motifs is 2. The van der Waals surface area contributed by atoms with Crippen molar-refractivity contribution < 1.29 is 4.74 Å². The molecule has 1 aromatic heterocycles. The SMILES string of the molecule is CN(C)CCCOc1cccc2c(=O)c3ccccc3n(C)c12. The second-order valence-corrected chi connectivity index (χ2v) is 6.06. The largest absolute Gasteiger partial charge is 0.491 e. The summed E-state index contributed by atoms with van der Waals surface area (Å²) in [4.78, 5) is 14.9. The Morgan fingerprint density at radius 2 is 1.78 bits per heavy atom. The number of aromatic nitrogens is 1. The molecule has 23 heavy (non-hydrogen) atoms. The summed E-state index contributed by atoms with van der Waals surface area (Å²) in [6.07, 6.45) is 0.949. The molecule has 2 aromatic carbocycles. The molecule has 4 nitrogen and oxygen atoms in total. The summed E-state index contributed by atoms with van der Waals surface area (Å²) in [5, 5.41) is 1.45. The molecule has 0 amide bonds. The second kappa shape index (κ2) is 6.42. The van der Waals surface area contributed by atoms with Gasteiger partial charge in [0.25, 0.3) is 0 Å². The number of hydrogen-bond acceptors (Lipinski definition) is 3. The van der Waals surface area contributed by atoms with E-state index >= 15 is 0 Å². The van der Waals surface area contributed by atoms with Gasteiger partial charge in [0, 0.05) is 19.0 Å². The molecular weight excluding hydrogens is 288 g/mol. The first-order valence-electron chi connectivity index (χ1n) is 7.87. The van der Waals surface area contributed by atoms with Crippen molar-refractivity contribution in [3.05, 3.63) is 52.7 Å². The number of para-hydroxylation sites is 2. The van der Waals surface area contributed by atoms with Crippen LogP contribution in [0.3, 0.4) is 0 Å². The van der Waals surface area contributed by atoms with Crippen LogP contribution in [0.5, 0.6) is 5.75 Å². The lowest BCUT2D eigenvalue weighted by atomic mass is 10.1. The molecule has 0 spiro atoms. The monoisotopic (exact) mass is 310 g/mol. The number of benzene rings is 2. The average molecular weight is 310 g/mol. The number of aryl methyl sites for hydroxylation is 1. The van der Waals surface area contributed by atoms with Gasteiger partial charge in [-0.25, -0.2) is 0 Å². The summed E-state index contributed by atoms with van der Waals surface area (Å²) in [7, 11) is 6.08. The van der Waals surface area contributed by atoms with Gasteiger partial charge in [-0.1, -0.05) is 18.2 Å². The van der Waals surface area contributed by atoms with Crippen LogP contribution in [0.1, 0.15) is 6.42 Å². The zero-order valence-corrected chi connectivity index (χ0v) is 13.9. The lowest BCUT2D eigenvalue weighted by Crippen LogP contribution is -2.16. The first-order valence-corrected chi connectivity index (χ1v) is 7.87. The summed E-state index contributed by atoms with van der Waals surface area (Å²) in [6, 6.07) is 13.4. The van der Waals surface area contributed by atoms with E-state index in [4.69, 9.17) is 4.74 Å². The standard InChI is InChI=1S/C19H22N2O2/c1-20(2)12-7-13-23-17-11-6-9-15-18(17)21(3)16-10-5-4-8-14(16)19(15)22/h4-6,8-11H,7,12-13H2,1-3H3. The van der Waals surface area contributed by atoms with Crippen LogP contribution in [0.4, 0.5) is 0 Å². The summed E-state index contributed by atoms with van der Waals surface area (Å²) in [5.74, 6) is 0.770. The Labute approximate surface area is 135 Å². The van der Waals surface area contributed by atoms with Crippen molar-refractivity contribution in [1.29, 1.82) is 0 Å². The Morgan fingerprint density at radius 1 is 1.04 bits per heavy atom. The van der Waals surface area contributed by atoms with E-state index in [9.17, 15) is 4.79 Å². The number of nitrogens with zero attached hydrogens (tertiary/aromatic N) is 2. The van der Waals surface area contributed by atoms with Crippen LogP contribution in [0.2, 0.25) is 0 Å². The molecule has 0 atom stereocenters. The minimum absolute atomic E-state index is 0.0624. The van der Waals surface area contributed by atoms with E-state index < -0.39 is 0 Å². The molecule has 0 fully saturated rings. The fourth-order valence-corrected chi connectivity index (χ4v) is 2.95. The van der Waals surface area contributed by atoms with E-state index in [-0.39, 0.29) is 5.43 Å². The van der Waals surface area contributed by atoms with E-state index in [1.54, 1.807) is 0 Å². The molecule has 0 aliphatic carbocycles. The minimum atomic E-state index is 0.0624. The third-order valence-corrected chi connectivity index (χ3v) is 4.10. The van der Waals surface area contributed by atoms with Crippen molar-refractivity contribution in [2.75, 3.05) is 27.2 Å². The van der Waals surface area contributed by atoms with Gasteiger partial charge >= 0.3 is 0 Å². The molecule has 0 aliphatic rings. The van der Waals surface area contributed by atoms with Gasteiger partial charge in [-0.15, -0.1) is 0 Å². The summed E-state index contributed by atoms with van der Waals surface area (Å²) >= 11 is 0. The molecule has 3 aromatic rings. The van der Waals surface area contributed by atoms with Gasteiger partial charge in [0.15, 0.2) is 5.43 Å². The maximum Gasteiger partial charge on any atom is 0.197 e. The third-order valence-electron chi connectivity index (χ3n) is 4.10. The molecule has 0 bridgehead atoms. The Morgan fingerprint density at radius 3 is 2.57 bits per heavy atom. The van der Waals surface area contributed by atoms with Crippen LogP contribution in [0.25, 0.3) is 21.8 Å². The number of pyridine rings is 1. The molecule has 0 N–H and O–H groups in total. The normalized spacial score (nSPS) is 11.5. The Hall–Kier alpha value is -2.33. The number of rotatable bonds is 5. The van der Waals surface area contributed by atoms with Crippen molar-refractivity contribution in [1.82, 2.24) is 9.47 Å². The van der Waals surface area contributed by atoms with Crippen LogP contribution < -0.4 is 10.2 Å². The molecule has 1 heterocycles. The van der Waals surface area contributed by atoms with Gasteiger partial charge < -0.3 is 14.2 Å². The van der Waals surface area contributed by atoms with Gasteiger partial charge in [-0.2, -0.15) is 0 Å². The Kier molecular flexibility index (Phi) is 4.35. The maximum atomic E-state index is 12.7. The number of ether oxygens (including phenoxy) is 1. The zero-order chi connectivity index (χ0) is 16.4. The molecule has 120 valence electrons. The molecule has 0 radical (unpaired) electrons. The molecule has 3 rings (SSSR count). The lowest BCUT2D eigenvalue weighted by Gasteiger charge is -2.15. The molecule has 0 unspecified atom stereocenters. The molecule has 4 heteroatoms. The van der Waals surface area contributed by atoms with Crippen molar-refractivity contribution in [2.24, 2.45) is 7.05 Å². The maximum absolute atomic E-state index is 12.7. The highest BCUT2D eigenvalue weighted by molar-refractivity contribution is 5.96. The van der Waals surface area contributed by atoms with E-state index in [2.05, 4.69) is 4.90 Å². The first kappa shape index (κ1) is 15.6. The highest BCUT2D eigenvalue weighted by Crippen LogP contribution is 2.26. The predicted octanol–water partition coefficient (Wildman–Crippen LogP) is 3.02. The third kappa shape index (κ3) is 2.94. The Bertz CT molecular complexity index is 897. The molecule has 0 saturated heterocycles. The summed E-state index contributed by atoms with van der Waals surface area (Å²) in [6.45, 7) is 1.62. The van der Waals surface area contributed by atoms with Crippen molar-refractivity contribution >= 4 is 21.8 Å². The molecular formula is C19H22N2O2. The van der Waals surface area contributed by atoms with E-state index in [1.165, 1.54) is 0 Å². The smallest absolute Gasteiger partial charge is 0.197 e. The lowest BCUT2D eigenvalue weighted by molar-refractivity contribution is 0.283. The van der Waals surface area contributed by atoms with Crippen LogP contribution >= 0.6 is 0 Å². The van der Waals surface area contributed by atoms with E-state index in [0.717, 1.165) is 35.1 Å². The van der Waals surface area contributed by atoms with Crippen LogP contribution in [0, 0.1) is 0 Å². The van der Waals surface area contributed by atoms with Gasteiger partial charge in [0.2, 0.25) is 0 Å². The van der Waals surface area contributed by atoms with Gasteiger partial charge in [0.05, 0.1) is 23.0 Å². The van der Waals surface area contributed by atoms with Gasteiger partial charge in [0.1, 0.15) is 5.75 Å². The first-order chi connectivity index (χ1) is 11.1. The quantitative estimate of drug-likeness (QED) is 0.537. The van der Waals surface area contributed by atoms with Crippen molar-refractivity contribution in [2.45, 2.75) is 6.42 Å². The average Bonchev–Trinajstić information content (AvgIpc) is 2.56. The zero-order valence-electron chi connectivity index (χ0n) is 13.9. The van der Waals surface area contributed by atoms with Crippen molar-refractivity contribution in [3.63, 3.8) is 0 Å². The summed E-state index contributed by atoms with van der Waals surface area (Å²) < 4.78 is 8.02. The van der Waals surface area contributed by atoms with E-state index in [0.29, 0.717) is 12.0 Å². The Balaban J connectivity index is 2.08. The highest BCUT2D eigenvalue weighted by Gasteiger charge is 2.12. The van der Waals surface area contributed by atoms with Gasteiger partial charge in [-0.3, -0.25) is 4.79 Å². The molecule has 0 aliphatic heterocycles. The number of hydrogen-bond donors (Lipinski definition) is 0. The highest BCUT2D eigenvalue weighted by atomic mass is 16.5. The van der Waals surface area contributed by atoms with Crippen LogP contribution in [0.15, 0.2) is 47.3 Å². The fraction of sp³-hybridized carbons (Fsp3) is 0.316. The minimum Gasteiger partial charge on any atom is -0.491 e. The van der Waals surface area contributed by atoms with Crippen LogP contribution in [-0.4, -0.2) is 36.7 Å². The second-order valence-electron chi connectivity index (χ2n) is 6.06. The summed E-state index contributed by atoms with van der Waals surface area (Å²) in [5.41, 5.74) is 1.85. The van der Waals surface area contributed by atoms with E-state index in [1.807, 2.05) is 68.2 Å². The fourth-order valence-electron chi connectivity index (χ4n) is 2.95. The van der Waals surface area contributed by atoms with Crippen LogP contribution in [-0.2, 0) is 7.05 Å². The molecule has 0 saturated carbocycles. The predicted molar refractivity (Wildman–Crippen MR) is 95.4 cm³/mol. The van der Waals surface area contributed by atoms with Gasteiger partial charge in [-0.05, 0) is 44.8 Å².